The molecule has 108 valence electrons. The van der Waals surface area contributed by atoms with Crippen LogP contribution in [-0.2, 0) is 6.42 Å². The van der Waals surface area contributed by atoms with Crippen LogP contribution >= 0.6 is 11.6 Å². The van der Waals surface area contributed by atoms with Crippen molar-refractivity contribution in [1.82, 2.24) is 19.4 Å². The average Bonchev–Trinajstić information content (AvgIpc) is 2.85. The number of aryl methyl sites for hydroxylation is 1. The van der Waals surface area contributed by atoms with Gasteiger partial charge in [-0.1, -0.05) is 6.92 Å². The predicted molar refractivity (Wildman–Crippen MR) is 82.3 cm³/mol. The third kappa shape index (κ3) is 2.54. The second kappa shape index (κ2) is 6.10. The molecule has 20 heavy (non-hydrogen) atoms. The van der Waals surface area contributed by atoms with Crippen molar-refractivity contribution in [2.75, 3.05) is 25.5 Å². The minimum atomic E-state index is 0.509. The van der Waals surface area contributed by atoms with E-state index in [0.717, 1.165) is 30.9 Å². The number of hydrogen-bond donors (Lipinski definition) is 0. The summed E-state index contributed by atoms with van der Waals surface area (Å²) < 4.78 is 2.40. The molecule has 1 aliphatic heterocycles. The maximum absolute atomic E-state index is 5.95. The van der Waals surface area contributed by atoms with Crippen LogP contribution in [0, 0.1) is 0 Å². The highest BCUT2D eigenvalue weighted by Gasteiger charge is 2.24. The number of fused-ring (bicyclic) bond motifs is 1. The van der Waals surface area contributed by atoms with Gasteiger partial charge in [0.25, 0.3) is 0 Å². The number of likely N-dealkylation sites (N-methyl/N-ethyl adjacent to an activating group) is 1. The molecule has 2 aromatic heterocycles. The highest BCUT2D eigenvalue weighted by Crippen LogP contribution is 2.27. The molecule has 2 aromatic rings. The van der Waals surface area contributed by atoms with Gasteiger partial charge < -0.3 is 9.47 Å². The van der Waals surface area contributed by atoms with E-state index in [9.17, 15) is 0 Å². The standard InChI is InChI=1S/C15H21ClN4/c1-2-19-9-3-4-12(11-19)20-14-6-8-17-10-13(14)18-15(20)5-7-16/h6,8,10,12H,2-5,7,9,11H2,1H3. The van der Waals surface area contributed by atoms with Crippen LogP contribution in [-0.4, -0.2) is 44.9 Å². The molecule has 0 saturated carbocycles. The molecule has 1 aliphatic rings. The van der Waals surface area contributed by atoms with Crippen LogP contribution in [0.4, 0.5) is 0 Å². The Bertz CT molecular complexity index is 580. The molecule has 0 spiro atoms. The third-order valence-electron chi connectivity index (χ3n) is 4.18. The molecule has 3 heterocycles. The van der Waals surface area contributed by atoms with Crippen LogP contribution in [0.5, 0.6) is 0 Å². The van der Waals surface area contributed by atoms with Crippen molar-refractivity contribution < 1.29 is 0 Å². The summed E-state index contributed by atoms with van der Waals surface area (Å²) >= 11 is 5.95. The number of alkyl halides is 1. The van der Waals surface area contributed by atoms with Crippen LogP contribution < -0.4 is 0 Å². The van der Waals surface area contributed by atoms with Gasteiger partial charge in [0.15, 0.2) is 0 Å². The summed E-state index contributed by atoms with van der Waals surface area (Å²) in [6.07, 6.45) is 7.00. The number of pyridine rings is 1. The Kier molecular flexibility index (Phi) is 4.22. The van der Waals surface area contributed by atoms with E-state index in [0.29, 0.717) is 11.9 Å². The fourth-order valence-corrected chi connectivity index (χ4v) is 3.37. The summed E-state index contributed by atoms with van der Waals surface area (Å²) in [5, 5.41) is 0. The van der Waals surface area contributed by atoms with Crippen LogP contribution in [0.3, 0.4) is 0 Å². The van der Waals surface area contributed by atoms with Gasteiger partial charge in [0, 0.05) is 31.1 Å². The summed E-state index contributed by atoms with van der Waals surface area (Å²) in [4.78, 5) is 11.4. The van der Waals surface area contributed by atoms with Crippen molar-refractivity contribution in [3.05, 3.63) is 24.3 Å². The minimum Gasteiger partial charge on any atom is -0.323 e. The molecule has 1 saturated heterocycles. The first-order valence-electron chi connectivity index (χ1n) is 7.42. The monoisotopic (exact) mass is 292 g/mol. The van der Waals surface area contributed by atoms with Crippen LogP contribution in [0.1, 0.15) is 31.6 Å². The lowest BCUT2D eigenvalue weighted by atomic mass is 10.0. The van der Waals surface area contributed by atoms with Gasteiger partial charge in [-0.25, -0.2) is 4.98 Å². The molecule has 0 aromatic carbocycles. The van der Waals surface area contributed by atoms with Gasteiger partial charge in [0.05, 0.1) is 11.7 Å². The quantitative estimate of drug-likeness (QED) is 0.813. The highest BCUT2D eigenvalue weighted by atomic mass is 35.5. The molecule has 1 atom stereocenters. The molecule has 4 nitrogen and oxygen atoms in total. The first-order chi connectivity index (χ1) is 9.83. The molecule has 0 aliphatic carbocycles. The number of piperidine rings is 1. The molecule has 1 unspecified atom stereocenters. The largest absolute Gasteiger partial charge is 0.323 e. The van der Waals surface area contributed by atoms with Gasteiger partial charge in [-0.05, 0) is 32.0 Å². The average molecular weight is 293 g/mol. The van der Waals surface area contributed by atoms with E-state index in [-0.39, 0.29) is 0 Å². The van der Waals surface area contributed by atoms with Crippen molar-refractivity contribution in [1.29, 1.82) is 0 Å². The summed E-state index contributed by atoms with van der Waals surface area (Å²) in [7, 11) is 0. The Labute approximate surface area is 124 Å². The molecule has 5 heteroatoms. The molecule has 0 bridgehead atoms. The number of nitrogens with zero attached hydrogens (tertiary/aromatic N) is 4. The van der Waals surface area contributed by atoms with Gasteiger partial charge in [-0.3, -0.25) is 4.98 Å². The fraction of sp³-hybridized carbons (Fsp3) is 0.600. The summed E-state index contributed by atoms with van der Waals surface area (Å²) in [6, 6.07) is 2.58. The lowest BCUT2D eigenvalue weighted by Crippen LogP contribution is -2.36. The van der Waals surface area contributed by atoms with Crippen molar-refractivity contribution >= 4 is 22.6 Å². The van der Waals surface area contributed by atoms with E-state index in [1.165, 1.54) is 24.9 Å². The zero-order chi connectivity index (χ0) is 13.9. The zero-order valence-corrected chi connectivity index (χ0v) is 12.7. The molecule has 1 fully saturated rings. The maximum atomic E-state index is 5.95. The topological polar surface area (TPSA) is 34.0 Å². The highest BCUT2D eigenvalue weighted by molar-refractivity contribution is 6.17. The van der Waals surface area contributed by atoms with E-state index in [1.54, 1.807) is 0 Å². The number of halogens is 1. The Morgan fingerprint density at radius 1 is 1.45 bits per heavy atom. The number of rotatable bonds is 4. The van der Waals surface area contributed by atoms with E-state index in [2.05, 4.69) is 27.4 Å². The Morgan fingerprint density at radius 2 is 2.35 bits per heavy atom. The Hall–Kier alpha value is -1.13. The van der Waals surface area contributed by atoms with Crippen LogP contribution in [0.25, 0.3) is 11.0 Å². The first kappa shape index (κ1) is 13.8. The van der Waals surface area contributed by atoms with Crippen molar-refractivity contribution in [3.63, 3.8) is 0 Å². The van der Waals surface area contributed by atoms with Crippen LogP contribution in [0.2, 0.25) is 0 Å². The fourth-order valence-electron chi connectivity index (χ4n) is 3.20. The Morgan fingerprint density at radius 3 is 3.15 bits per heavy atom. The summed E-state index contributed by atoms with van der Waals surface area (Å²) in [5.74, 6) is 1.71. The van der Waals surface area contributed by atoms with Gasteiger partial charge in [0.1, 0.15) is 11.3 Å². The van der Waals surface area contributed by atoms with Gasteiger partial charge in [-0.15, -0.1) is 11.6 Å². The van der Waals surface area contributed by atoms with Gasteiger partial charge >= 0.3 is 0 Å². The number of hydrogen-bond acceptors (Lipinski definition) is 3. The van der Waals surface area contributed by atoms with Gasteiger partial charge in [-0.2, -0.15) is 0 Å². The zero-order valence-electron chi connectivity index (χ0n) is 11.9. The summed E-state index contributed by atoms with van der Waals surface area (Å²) in [6.45, 7) is 5.68. The first-order valence-corrected chi connectivity index (χ1v) is 7.96. The van der Waals surface area contributed by atoms with Gasteiger partial charge in [0.2, 0.25) is 0 Å². The molecular formula is C15H21ClN4. The lowest BCUT2D eigenvalue weighted by Gasteiger charge is -2.33. The van der Waals surface area contributed by atoms with Crippen LogP contribution in [0.15, 0.2) is 18.5 Å². The number of imidazole rings is 1. The second-order valence-electron chi connectivity index (χ2n) is 5.39. The van der Waals surface area contributed by atoms with E-state index in [1.807, 2.05) is 12.4 Å². The maximum Gasteiger partial charge on any atom is 0.111 e. The van der Waals surface area contributed by atoms with E-state index >= 15 is 0 Å². The van der Waals surface area contributed by atoms with Crippen molar-refractivity contribution in [3.8, 4) is 0 Å². The van der Waals surface area contributed by atoms with Crippen molar-refractivity contribution in [2.24, 2.45) is 0 Å². The van der Waals surface area contributed by atoms with E-state index < -0.39 is 0 Å². The van der Waals surface area contributed by atoms with E-state index in [4.69, 9.17) is 16.6 Å². The lowest BCUT2D eigenvalue weighted by molar-refractivity contribution is 0.186. The molecular weight excluding hydrogens is 272 g/mol. The molecule has 0 amide bonds. The minimum absolute atomic E-state index is 0.509. The SMILES string of the molecule is CCN1CCCC(n2c(CCCl)nc3cnccc32)C1. The summed E-state index contributed by atoms with van der Waals surface area (Å²) in [5.41, 5.74) is 2.18. The third-order valence-corrected chi connectivity index (χ3v) is 4.36. The molecule has 0 radical (unpaired) electrons. The number of aromatic nitrogens is 3. The Balaban J connectivity index is 2.01. The predicted octanol–water partition coefficient (Wildman–Crippen LogP) is 2.87. The second-order valence-corrected chi connectivity index (χ2v) is 5.77. The normalized spacial score (nSPS) is 20.6. The molecule has 0 N–H and O–H groups in total. The van der Waals surface area contributed by atoms with Crippen molar-refractivity contribution in [2.45, 2.75) is 32.2 Å². The molecule has 3 rings (SSSR count). The smallest absolute Gasteiger partial charge is 0.111 e. The number of likely N-dealkylation sites (tertiary alicyclic amines) is 1.